The Bertz CT molecular complexity index is 1790. The Morgan fingerprint density at radius 3 is 2.75 bits per heavy atom. The largest absolute Gasteiger partial charge is 0.494 e. The summed E-state index contributed by atoms with van der Waals surface area (Å²) in [5.41, 5.74) is 4.87. The number of hydrogen-bond donors (Lipinski definition) is 0. The maximum absolute atomic E-state index is 14.9. The molecule has 0 amide bonds. The molecule has 7 nitrogen and oxygen atoms in total. The number of carbonyl (C=O) groups excluding carboxylic acids is 1. The summed E-state index contributed by atoms with van der Waals surface area (Å²) in [5.74, 6) is -3.40. The van der Waals surface area contributed by atoms with E-state index in [1.165, 1.54) is 7.11 Å². The number of nitrogens with zero attached hydrogens (tertiary/aromatic N) is 4. The van der Waals surface area contributed by atoms with Gasteiger partial charge in [0.05, 0.1) is 36.9 Å². The number of carbonyl (C=O) groups is 1. The van der Waals surface area contributed by atoms with Crippen molar-refractivity contribution in [2.75, 3.05) is 14.2 Å². The smallest absolute Gasteiger partial charge is 0.338 e. The number of hydrogen-bond acceptors (Lipinski definition) is 5. The van der Waals surface area contributed by atoms with Crippen molar-refractivity contribution >= 4 is 28.0 Å². The number of rotatable bonds is 2. The number of methoxy groups -OCH3 is 2. The Morgan fingerprint density at radius 2 is 1.93 bits per heavy atom. The zero-order chi connectivity index (χ0) is 27.6. The van der Waals surface area contributed by atoms with E-state index in [-0.39, 0.29) is 0 Å². The van der Waals surface area contributed by atoms with Crippen LogP contribution in [0.1, 0.15) is 46.7 Å². The summed E-state index contributed by atoms with van der Waals surface area (Å²) in [5, 5.41) is 0.971. The predicted molar refractivity (Wildman–Crippen MR) is 147 cm³/mol. The topological polar surface area (TPSA) is 71.2 Å². The number of imidazole rings is 1. The summed E-state index contributed by atoms with van der Waals surface area (Å²) in [6.45, 7) is 1.00. The van der Waals surface area contributed by atoms with E-state index >= 15 is 0 Å². The second-order valence-electron chi connectivity index (χ2n) is 10.7. The Balaban J connectivity index is 1.50. The molecule has 9 heteroatoms. The average Bonchev–Trinajstić information content (AvgIpc) is 3.22. The molecule has 1 aliphatic heterocycles. The number of halogens is 2. The number of aromatic nitrogens is 4. The molecule has 7 rings (SSSR count). The van der Waals surface area contributed by atoms with E-state index < -0.39 is 23.7 Å². The van der Waals surface area contributed by atoms with Crippen molar-refractivity contribution < 1.29 is 23.0 Å². The monoisotopic (exact) mass is 542 g/mol. The quantitative estimate of drug-likeness (QED) is 0.241. The minimum absolute atomic E-state index is 0.333. The van der Waals surface area contributed by atoms with Gasteiger partial charge in [0, 0.05) is 30.6 Å². The SMILES string of the molecule is COC(=O)c1cc(OC)c2c(c1)nc1n2Cc2cccc(c2)[C@H]2[C@@H](CCCCn3c-1cc1cccnc13)C2(F)F. The second kappa shape index (κ2) is 9.15. The molecule has 3 aromatic heterocycles. The fraction of sp³-hybridized carbons (Fsp3) is 0.323. The van der Waals surface area contributed by atoms with Crippen LogP contribution in [0.2, 0.25) is 0 Å². The molecule has 2 aromatic carbocycles. The van der Waals surface area contributed by atoms with Crippen LogP contribution in [0.25, 0.3) is 33.6 Å². The zero-order valence-electron chi connectivity index (χ0n) is 22.2. The summed E-state index contributed by atoms with van der Waals surface area (Å²) >= 11 is 0. The van der Waals surface area contributed by atoms with E-state index in [0.29, 0.717) is 59.7 Å². The molecule has 40 heavy (non-hydrogen) atoms. The van der Waals surface area contributed by atoms with Gasteiger partial charge in [0.1, 0.15) is 16.9 Å². The molecule has 0 radical (unpaired) electrons. The van der Waals surface area contributed by atoms with Crippen molar-refractivity contribution in [3.8, 4) is 17.3 Å². The molecule has 1 saturated carbocycles. The van der Waals surface area contributed by atoms with Gasteiger partial charge >= 0.3 is 5.97 Å². The number of pyridine rings is 1. The van der Waals surface area contributed by atoms with Gasteiger partial charge in [-0.25, -0.2) is 23.5 Å². The molecule has 0 saturated heterocycles. The number of benzene rings is 2. The van der Waals surface area contributed by atoms with E-state index in [2.05, 4.69) is 15.6 Å². The fourth-order valence-corrected chi connectivity index (χ4v) is 6.37. The molecule has 1 aliphatic carbocycles. The lowest BCUT2D eigenvalue weighted by Gasteiger charge is -2.15. The molecular formula is C31H28F2N4O3. The number of ether oxygens (including phenoxy) is 2. The average molecular weight is 543 g/mol. The molecule has 204 valence electrons. The molecule has 0 N–H and O–H groups in total. The molecule has 0 unspecified atom stereocenters. The molecule has 2 atom stereocenters. The van der Waals surface area contributed by atoms with Crippen LogP contribution in [-0.4, -0.2) is 45.2 Å². The van der Waals surface area contributed by atoms with Crippen LogP contribution < -0.4 is 4.74 Å². The van der Waals surface area contributed by atoms with Gasteiger partial charge in [0.15, 0.2) is 5.82 Å². The first kappa shape index (κ1) is 24.7. The standard InChI is InChI=1S/C31H28F2N4O3/c1-39-25-16-21(30(38)40-2)14-23-27(25)37-17-18-7-5-8-19(13-18)26-22(31(26,32)33)10-3-4-12-36-24(29(37)35-23)15-20-9-6-11-34-28(20)36/h5-9,11,13-16,22,26H,3-4,10,12,17H2,1-2H3/t22-,26+/m1/s1. The van der Waals surface area contributed by atoms with Crippen molar-refractivity contribution in [3.05, 3.63) is 77.5 Å². The number of aryl methyl sites for hydroxylation is 1. The highest BCUT2D eigenvalue weighted by molar-refractivity contribution is 5.97. The highest BCUT2D eigenvalue weighted by Gasteiger charge is 2.67. The highest BCUT2D eigenvalue weighted by atomic mass is 19.3. The first-order chi connectivity index (χ1) is 19.4. The highest BCUT2D eigenvalue weighted by Crippen LogP contribution is 2.63. The summed E-state index contributed by atoms with van der Waals surface area (Å²) in [7, 11) is 2.89. The lowest BCUT2D eigenvalue weighted by molar-refractivity contribution is 0.0600. The fourth-order valence-electron chi connectivity index (χ4n) is 6.37. The summed E-state index contributed by atoms with van der Waals surface area (Å²) < 4.78 is 44.8. The van der Waals surface area contributed by atoms with Gasteiger partial charge in [0.2, 0.25) is 0 Å². The van der Waals surface area contributed by atoms with E-state index in [9.17, 15) is 13.6 Å². The van der Waals surface area contributed by atoms with Crippen molar-refractivity contribution in [1.29, 1.82) is 0 Å². The predicted octanol–water partition coefficient (Wildman–Crippen LogP) is 6.43. The van der Waals surface area contributed by atoms with Crippen LogP contribution in [0.15, 0.2) is 60.8 Å². The first-order valence-corrected chi connectivity index (χ1v) is 13.5. The van der Waals surface area contributed by atoms with E-state index in [1.807, 2.05) is 41.0 Å². The van der Waals surface area contributed by atoms with Crippen molar-refractivity contribution in [2.45, 2.75) is 44.2 Å². The van der Waals surface area contributed by atoms with Gasteiger partial charge in [-0.2, -0.15) is 0 Å². The van der Waals surface area contributed by atoms with Crippen LogP contribution in [0, 0.1) is 5.92 Å². The minimum atomic E-state index is -2.69. The Kier molecular flexibility index (Phi) is 5.66. The summed E-state index contributed by atoms with van der Waals surface area (Å²) in [6.07, 6.45) is 3.67. The summed E-state index contributed by atoms with van der Waals surface area (Å²) in [4.78, 5) is 22.1. The van der Waals surface area contributed by atoms with Crippen molar-refractivity contribution in [3.63, 3.8) is 0 Å². The van der Waals surface area contributed by atoms with Crippen LogP contribution in [0.5, 0.6) is 5.75 Å². The minimum Gasteiger partial charge on any atom is -0.494 e. The van der Waals surface area contributed by atoms with Crippen LogP contribution in [0.3, 0.4) is 0 Å². The van der Waals surface area contributed by atoms with Gasteiger partial charge in [-0.1, -0.05) is 30.7 Å². The number of alkyl halides is 2. The Morgan fingerprint density at radius 1 is 1.05 bits per heavy atom. The first-order valence-electron chi connectivity index (χ1n) is 13.5. The molecule has 2 bridgehead atoms. The molecule has 0 spiro atoms. The molecular weight excluding hydrogens is 514 g/mol. The number of fused-ring (bicyclic) bond motifs is 11. The Hall–Kier alpha value is -4.27. The van der Waals surface area contributed by atoms with Crippen LogP contribution >= 0.6 is 0 Å². The summed E-state index contributed by atoms with van der Waals surface area (Å²) in [6, 6.07) is 16.8. The Labute approximate surface area is 229 Å². The van der Waals surface area contributed by atoms with E-state index in [0.717, 1.165) is 28.7 Å². The van der Waals surface area contributed by atoms with Crippen LogP contribution in [-0.2, 0) is 17.8 Å². The third kappa shape index (κ3) is 3.78. The normalized spacial score (nSPS) is 19.8. The third-order valence-electron chi connectivity index (χ3n) is 8.33. The molecule has 2 aliphatic rings. The van der Waals surface area contributed by atoms with Gasteiger partial charge < -0.3 is 18.6 Å². The molecule has 5 aromatic rings. The van der Waals surface area contributed by atoms with Crippen molar-refractivity contribution in [2.24, 2.45) is 5.92 Å². The second-order valence-corrected chi connectivity index (χ2v) is 10.7. The van der Waals surface area contributed by atoms with Crippen LogP contribution in [0.4, 0.5) is 8.78 Å². The van der Waals surface area contributed by atoms with E-state index in [4.69, 9.17) is 14.5 Å². The lowest BCUT2D eigenvalue weighted by Crippen LogP contribution is -2.08. The molecule has 1 fully saturated rings. The van der Waals surface area contributed by atoms with Gasteiger partial charge in [-0.05, 0) is 54.3 Å². The number of esters is 1. The zero-order valence-corrected chi connectivity index (χ0v) is 22.2. The van der Waals surface area contributed by atoms with Gasteiger partial charge in [-0.3, -0.25) is 0 Å². The van der Waals surface area contributed by atoms with Crippen molar-refractivity contribution in [1.82, 2.24) is 19.1 Å². The lowest BCUT2D eigenvalue weighted by atomic mass is 10.0. The maximum Gasteiger partial charge on any atom is 0.338 e. The maximum atomic E-state index is 14.9. The third-order valence-corrected chi connectivity index (χ3v) is 8.33. The van der Waals surface area contributed by atoms with Gasteiger partial charge in [0.25, 0.3) is 5.92 Å². The van der Waals surface area contributed by atoms with E-state index in [1.54, 1.807) is 25.4 Å². The molecule has 4 heterocycles. The van der Waals surface area contributed by atoms with Gasteiger partial charge in [-0.15, -0.1) is 0 Å².